The van der Waals surface area contributed by atoms with E-state index in [2.05, 4.69) is 12.2 Å². The first kappa shape index (κ1) is 13.8. The van der Waals surface area contributed by atoms with Crippen LogP contribution in [0, 0.1) is 11.8 Å². The molecule has 2 aliphatic rings. The molecule has 0 radical (unpaired) electrons. The fraction of sp³-hybridized carbons (Fsp3) is 0.929. The van der Waals surface area contributed by atoms with Crippen LogP contribution in [-0.2, 0) is 9.53 Å². The smallest absolute Gasteiger partial charge is 0.249 e. The summed E-state index contributed by atoms with van der Waals surface area (Å²) in [7, 11) is 0. The lowest BCUT2D eigenvalue weighted by Crippen LogP contribution is -2.48. The Hall–Kier alpha value is -0.610. The number of hydrogen-bond acceptors (Lipinski definition) is 3. The highest BCUT2D eigenvalue weighted by Crippen LogP contribution is 2.31. The largest absolute Gasteiger partial charge is 0.388 e. The van der Waals surface area contributed by atoms with Gasteiger partial charge in [-0.2, -0.15) is 0 Å². The molecule has 18 heavy (non-hydrogen) atoms. The monoisotopic (exact) mass is 255 g/mol. The van der Waals surface area contributed by atoms with Crippen molar-refractivity contribution < 1.29 is 14.6 Å². The third-order valence-corrected chi connectivity index (χ3v) is 4.30. The lowest BCUT2D eigenvalue weighted by atomic mass is 9.79. The third-order valence-electron chi connectivity index (χ3n) is 4.30. The summed E-state index contributed by atoms with van der Waals surface area (Å²) in [6.45, 7) is 5.23. The van der Waals surface area contributed by atoms with Crippen LogP contribution in [0.4, 0.5) is 0 Å². The maximum atomic E-state index is 12.0. The molecule has 0 spiro atoms. The quantitative estimate of drug-likeness (QED) is 0.803. The lowest BCUT2D eigenvalue weighted by Gasteiger charge is -2.35. The van der Waals surface area contributed by atoms with Crippen LogP contribution in [0.25, 0.3) is 0 Å². The van der Waals surface area contributed by atoms with Crippen LogP contribution >= 0.6 is 0 Å². The van der Waals surface area contributed by atoms with E-state index < -0.39 is 5.60 Å². The first-order chi connectivity index (χ1) is 8.50. The van der Waals surface area contributed by atoms with Crippen LogP contribution < -0.4 is 5.32 Å². The summed E-state index contributed by atoms with van der Waals surface area (Å²) in [5, 5.41) is 13.3. The molecule has 1 saturated heterocycles. The van der Waals surface area contributed by atoms with Crippen molar-refractivity contribution in [2.24, 2.45) is 11.8 Å². The second kappa shape index (κ2) is 5.57. The van der Waals surface area contributed by atoms with Crippen molar-refractivity contribution >= 4 is 5.91 Å². The molecular weight excluding hydrogens is 230 g/mol. The normalized spacial score (nSPS) is 40.7. The minimum Gasteiger partial charge on any atom is -0.388 e. The Morgan fingerprint density at radius 1 is 1.44 bits per heavy atom. The van der Waals surface area contributed by atoms with Crippen molar-refractivity contribution in [2.75, 3.05) is 13.2 Å². The van der Waals surface area contributed by atoms with E-state index in [-0.39, 0.29) is 17.9 Å². The molecule has 4 unspecified atom stereocenters. The summed E-state index contributed by atoms with van der Waals surface area (Å²) in [6.07, 6.45) is 4.42. The average Bonchev–Trinajstić information content (AvgIpc) is 2.72. The van der Waals surface area contributed by atoms with E-state index >= 15 is 0 Å². The van der Waals surface area contributed by atoms with Gasteiger partial charge >= 0.3 is 0 Å². The summed E-state index contributed by atoms with van der Waals surface area (Å²) >= 11 is 0. The molecule has 2 rings (SSSR count). The Morgan fingerprint density at radius 3 is 2.83 bits per heavy atom. The molecule has 1 saturated carbocycles. The number of carbonyl (C=O) groups is 1. The molecule has 0 aromatic carbocycles. The Labute approximate surface area is 109 Å². The third kappa shape index (κ3) is 3.23. The number of nitrogens with one attached hydrogen (secondary N) is 1. The molecule has 2 N–H and O–H groups in total. The van der Waals surface area contributed by atoms with Gasteiger partial charge in [0, 0.05) is 13.2 Å². The fourth-order valence-electron chi connectivity index (χ4n) is 3.18. The molecule has 1 aliphatic heterocycles. The Balaban J connectivity index is 1.81. The van der Waals surface area contributed by atoms with Crippen molar-refractivity contribution in [2.45, 2.75) is 57.7 Å². The van der Waals surface area contributed by atoms with Crippen molar-refractivity contribution in [3.63, 3.8) is 0 Å². The van der Waals surface area contributed by atoms with Crippen molar-refractivity contribution in [1.82, 2.24) is 5.32 Å². The summed E-state index contributed by atoms with van der Waals surface area (Å²) in [6, 6.07) is 0. The Bertz CT molecular complexity index is 307. The van der Waals surface area contributed by atoms with Crippen molar-refractivity contribution in [1.29, 1.82) is 0 Å². The van der Waals surface area contributed by atoms with E-state index in [4.69, 9.17) is 4.74 Å². The number of carbonyl (C=O) groups excluding carboxylic acids is 1. The van der Waals surface area contributed by atoms with Crippen LogP contribution in [0.1, 0.15) is 46.0 Å². The van der Waals surface area contributed by atoms with E-state index in [0.717, 1.165) is 25.7 Å². The lowest BCUT2D eigenvalue weighted by molar-refractivity contribution is -0.133. The highest BCUT2D eigenvalue weighted by molar-refractivity contribution is 5.81. The second-order valence-electron chi connectivity index (χ2n) is 6.20. The molecule has 104 valence electrons. The van der Waals surface area contributed by atoms with Gasteiger partial charge in [-0.15, -0.1) is 0 Å². The second-order valence-corrected chi connectivity index (χ2v) is 6.20. The van der Waals surface area contributed by atoms with Gasteiger partial charge in [0.15, 0.2) is 0 Å². The van der Waals surface area contributed by atoms with Gasteiger partial charge < -0.3 is 15.2 Å². The molecule has 2 fully saturated rings. The average molecular weight is 255 g/mol. The molecule has 4 heteroatoms. The standard InChI is InChI=1S/C14H25NO3/c1-10-4-3-6-14(17,8-10)9-15-13(16)12-11(2)5-7-18-12/h10-12,17H,3-9H2,1-2H3,(H,15,16). The van der Waals surface area contributed by atoms with Crippen molar-refractivity contribution in [3.05, 3.63) is 0 Å². The van der Waals surface area contributed by atoms with Gasteiger partial charge in [-0.3, -0.25) is 4.79 Å². The molecule has 1 amide bonds. The van der Waals surface area contributed by atoms with Crippen LogP contribution in [0.15, 0.2) is 0 Å². The molecule has 0 bridgehead atoms. The van der Waals surface area contributed by atoms with Gasteiger partial charge in [0.1, 0.15) is 6.10 Å². The summed E-state index contributed by atoms with van der Waals surface area (Å²) in [5.74, 6) is 0.763. The minimum absolute atomic E-state index is 0.0633. The van der Waals surface area contributed by atoms with E-state index in [1.54, 1.807) is 0 Å². The zero-order valence-electron chi connectivity index (χ0n) is 11.4. The van der Waals surface area contributed by atoms with Gasteiger partial charge in [-0.05, 0) is 31.1 Å². The van der Waals surface area contributed by atoms with Gasteiger partial charge in [-0.25, -0.2) is 0 Å². The molecule has 4 atom stereocenters. The van der Waals surface area contributed by atoms with Crippen LogP contribution in [0.3, 0.4) is 0 Å². The van der Waals surface area contributed by atoms with E-state index in [0.29, 0.717) is 19.1 Å². The van der Waals surface area contributed by atoms with Crippen LogP contribution in [-0.4, -0.2) is 35.9 Å². The molecular formula is C14H25NO3. The van der Waals surface area contributed by atoms with Crippen LogP contribution in [0.2, 0.25) is 0 Å². The summed E-state index contributed by atoms with van der Waals surface area (Å²) in [5.41, 5.74) is -0.713. The van der Waals surface area contributed by atoms with Gasteiger partial charge in [-0.1, -0.05) is 26.7 Å². The molecule has 1 aliphatic carbocycles. The van der Waals surface area contributed by atoms with Crippen molar-refractivity contribution in [3.8, 4) is 0 Å². The SMILES string of the molecule is CC1CCCC(O)(CNC(=O)C2OCCC2C)C1. The van der Waals surface area contributed by atoms with Gasteiger partial charge in [0.25, 0.3) is 0 Å². The van der Waals surface area contributed by atoms with Gasteiger partial charge in [0.05, 0.1) is 5.60 Å². The van der Waals surface area contributed by atoms with Gasteiger partial charge in [0.2, 0.25) is 5.91 Å². The predicted octanol–water partition coefficient (Wildman–Crippen LogP) is 1.47. The maximum absolute atomic E-state index is 12.0. The van der Waals surface area contributed by atoms with E-state index in [9.17, 15) is 9.90 Å². The Kier molecular flexibility index (Phi) is 4.28. The Morgan fingerprint density at radius 2 is 2.22 bits per heavy atom. The predicted molar refractivity (Wildman–Crippen MR) is 69.1 cm³/mol. The number of ether oxygens (including phenoxy) is 1. The summed E-state index contributed by atoms with van der Waals surface area (Å²) < 4.78 is 5.43. The first-order valence-electron chi connectivity index (χ1n) is 7.12. The fourth-order valence-corrected chi connectivity index (χ4v) is 3.18. The number of hydrogen-bond donors (Lipinski definition) is 2. The molecule has 0 aromatic heterocycles. The topological polar surface area (TPSA) is 58.6 Å². The number of amides is 1. The zero-order chi connectivity index (χ0) is 13.2. The highest BCUT2D eigenvalue weighted by Gasteiger charge is 2.35. The highest BCUT2D eigenvalue weighted by atomic mass is 16.5. The molecule has 4 nitrogen and oxygen atoms in total. The molecule has 0 aromatic rings. The summed E-state index contributed by atoms with van der Waals surface area (Å²) in [4.78, 5) is 12.0. The zero-order valence-corrected chi connectivity index (χ0v) is 11.4. The number of rotatable bonds is 3. The van der Waals surface area contributed by atoms with Crippen LogP contribution in [0.5, 0.6) is 0 Å². The molecule has 1 heterocycles. The first-order valence-corrected chi connectivity index (χ1v) is 7.12. The van der Waals surface area contributed by atoms with E-state index in [1.807, 2.05) is 6.92 Å². The minimum atomic E-state index is -0.713. The number of aliphatic hydroxyl groups is 1. The van der Waals surface area contributed by atoms with E-state index in [1.165, 1.54) is 6.42 Å². The maximum Gasteiger partial charge on any atom is 0.249 e.